The van der Waals surface area contributed by atoms with E-state index in [1.165, 1.54) is 11.8 Å². The number of benzene rings is 3. The van der Waals surface area contributed by atoms with Crippen molar-refractivity contribution in [1.29, 1.82) is 5.26 Å². The van der Waals surface area contributed by atoms with E-state index in [0.717, 1.165) is 22.6 Å². The Morgan fingerprint density at radius 2 is 1.89 bits per heavy atom. The van der Waals surface area contributed by atoms with Crippen LogP contribution in [-0.2, 0) is 4.79 Å². The number of para-hydroxylation sites is 1. The van der Waals surface area contributed by atoms with Crippen LogP contribution in [0.2, 0.25) is 0 Å². The number of anilines is 1. The van der Waals surface area contributed by atoms with Gasteiger partial charge in [0.1, 0.15) is 11.8 Å². The van der Waals surface area contributed by atoms with Gasteiger partial charge in [-0.15, -0.1) is 10.2 Å². The third-order valence-electron chi connectivity index (χ3n) is 5.27. The van der Waals surface area contributed by atoms with E-state index in [2.05, 4.69) is 27.6 Å². The quantitative estimate of drug-likeness (QED) is 0.326. The third-order valence-corrected chi connectivity index (χ3v) is 6.32. The number of nitrogens with zero attached hydrogens (tertiary/aromatic N) is 4. The lowest BCUT2D eigenvalue weighted by molar-refractivity contribution is -0.115. The van der Waals surface area contributed by atoms with Crippen LogP contribution in [0.5, 0.6) is 5.75 Å². The van der Waals surface area contributed by atoms with E-state index in [4.69, 9.17) is 4.74 Å². The minimum Gasteiger partial charge on any atom is -0.494 e. The highest BCUT2D eigenvalue weighted by Gasteiger charge is 2.22. The van der Waals surface area contributed by atoms with Crippen molar-refractivity contribution in [2.24, 2.45) is 0 Å². The van der Waals surface area contributed by atoms with Crippen LogP contribution in [0.15, 0.2) is 78.0 Å². The smallest absolute Gasteiger partial charge is 0.237 e. The standard InChI is InChI=1S/C27H25N5O2S/c1-4-34-23-14-12-22(13-15-23)32-25(20-10-7-8-18(2)16-20)30-31-27(32)35-19(3)26(33)29-24-11-6-5-9-21(24)17-28/h5-16,19H,4H2,1-3H3,(H,29,33). The summed E-state index contributed by atoms with van der Waals surface area (Å²) >= 11 is 1.30. The summed E-state index contributed by atoms with van der Waals surface area (Å²) in [6.45, 7) is 6.36. The number of aryl methyl sites for hydroxylation is 1. The van der Waals surface area contributed by atoms with E-state index < -0.39 is 5.25 Å². The Labute approximate surface area is 208 Å². The van der Waals surface area contributed by atoms with Gasteiger partial charge in [0.25, 0.3) is 0 Å². The molecule has 0 aliphatic heterocycles. The van der Waals surface area contributed by atoms with Crippen LogP contribution in [0.4, 0.5) is 5.69 Å². The number of ether oxygens (including phenoxy) is 1. The van der Waals surface area contributed by atoms with Gasteiger partial charge >= 0.3 is 0 Å². The lowest BCUT2D eigenvalue weighted by Gasteiger charge is -2.15. The average molecular weight is 484 g/mol. The normalized spacial score (nSPS) is 11.5. The zero-order valence-corrected chi connectivity index (χ0v) is 20.5. The second-order valence-corrected chi connectivity index (χ2v) is 9.15. The van der Waals surface area contributed by atoms with E-state index in [0.29, 0.717) is 28.8 Å². The van der Waals surface area contributed by atoms with Crippen LogP contribution in [0, 0.1) is 18.3 Å². The number of nitrogens with one attached hydrogen (secondary N) is 1. The Bertz CT molecular complexity index is 1380. The summed E-state index contributed by atoms with van der Waals surface area (Å²) in [5, 5.41) is 21.2. The molecule has 1 amide bonds. The van der Waals surface area contributed by atoms with Crippen LogP contribution in [0.25, 0.3) is 17.1 Å². The van der Waals surface area contributed by atoms with Crippen LogP contribution < -0.4 is 10.1 Å². The molecule has 1 heterocycles. The zero-order chi connectivity index (χ0) is 24.8. The van der Waals surface area contributed by atoms with Gasteiger partial charge in [-0.05, 0) is 63.2 Å². The number of thioether (sulfide) groups is 1. The first-order valence-electron chi connectivity index (χ1n) is 11.2. The molecule has 0 spiro atoms. The average Bonchev–Trinajstić information content (AvgIpc) is 3.28. The zero-order valence-electron chi connectivity index (χ0n) is 19.7. The molecule has 8 heteroatoms. The molecule has 0 aliphatic rings. The highest BCUT2D eigenvalue weighted by molar-refractivity contribution is 8.00. The van der Waals surface area contributed by atoms with Gasteiger partial charge in [0.2, 0.25) is 5.91 Å². The highest BCUT2D eigenvalue weighted by Crippen LogP contribution is 2.31. The van der Waals surface area contributed by atoms with E-state index in [9.17, 15) is 10.1 Å². The summed E-state index contributed by atoms with van der Waals surface area (Å²) in [6.07, 6.45) is 0. The monoisotopic (exact) mass is 483 g/mol. The maximum absolute atomic E-state index is 13.0. The van der Waals surface area contributed by atoms with Gasteiger partial charge < -0.3 is 10.1 Å². The Morgan fingerprint density at radius 1 is 1.11 bits per heavy atom. The topological polar surface area (TPSA) is 92.8 Å². The van der Waals surface area contributed by atoms with Crippen molar-refractivity contribution < 1.29 is 9.53 Å². The molecule has 1 N–H and O–H groups in total. The first kappa shape index (κ1) is 24.0. The van der Waals surface area contributed by atoms with Gasteiger partial charge in [-0.3, -0.25) is 9.36 Å². The lowest BCUT2D eigenvalue weighted by atomic mass is 10.1. The highest BCUT2D eigenvalue weighted by atomic mass is 32.2. The van der Waals surface area contributed by atoms with Crippen molar-refractivity contribution in [2.45, 2.75) is 31.2 Å². The van der Waals surface area contributed by atoms with Crippen molar-refractivity contribution in [2.75, 3.05) is 11.9 Å². The number of carbonyl (C=O) groups is 1. The van der Waals surface area contributed by atoms with Crippen molar-refractivity contribution in [3.8, 4) is 28.9 Å². The fraction of sp³-hybridized carbons (Fsp3) is 0.185. The van der Waals surface area contributed by atoms with Crippen LogP contribution in [0.1, 0.15) is 25.0 Å². The summed E-state index contributed by atoms with van der Waals surface area (Å²) in [6, 6.07) is 24.8. The molecule has 7 nitrogen and oxygen atoms in total. The summed E-state index contributed by atoms with van der Waals surface area (Å²) in [4.78, 5) is 13.0. The second-order valence-electron chi connectivity index (χ2n) is 7.84. The van der Waals surface area contributed by atoms with Crippen LogP contribution in [-0.4, -0.2) is 32.5 Å². The van der Waals surface area contributed by atoms with Gasteiger partial charge in [-0.1, -0.05) is 47.7 Å². The van der Waals surface area contributed by atoms with E-state index in [1.54, 1.807) is 31.2 Å². The molecular formula is C27H25N5O2S. The third kappa shape index (κ3) is 5.53. The first-order chi connectivity index (χ1) is 17.0. The molecule has 0 aliphatic carbocycles. The molecule has 3 aromatic carbocycles. The number of hydrogen-bond donors (Lipinski definition) is 1. The van der Waals surface area contributed by atoms with Crippen molar-refractivity contribution in [3.63, 3.8) is 0 Å². The van der Waals surface area contributed by atoms with Gasteiger partial charge in [0, 0.05) is 11.3 Å². The number of hydrogen-bond acceptors (Lipinski definition) is 6. The maximum atomic E-state index is 13.0. The second kappa shape index (κ2) is 10.9. The van der Waals surface area contributed by atoms with Crippen molar-refractivity contribution in [1.82, 2.24) is 14.8 Å². The molecule has 0 bridgehead atoms. The van der Waals surface area contributed by atoms with E-state index in [1.807, 2.05) is 60.9 Å². The van der Waals surface area contributed by atoms with Crippen LogP contribution in [0.3, 0.4) is 0 Å². The number of rotatable bonds is 8. The molecule has 1 aromatic heterocycles. The molecule has 176 valence electrons. The van der Waals surface area contributed by atoms with Gasteiger partial charge in [0.15, 0.2) is 11.0 Å². The Hall–Kier alpha value is -4.09. The summed E-state index contributed by atoms with van der Waals surface area (Å²) in [5.41, 5.74) is 3.80. The number of carbonyl (C=O) groups excluding carboxylic acids is 1. The lowest BCUT2D eigenvalue weighted by Crippen LogP contribution is -2.23. The van der Waals surface area contributed by atoms with Crippen molar-refractivity contribution in [3.05, 3.63) is 83.9 Å². The molecule has 4 aromatic rings. The minimum atomic E-state index is -0.488. The Morgan fingerprint density at radius 3 is 2.60 bits per heavy atom. The summed E-state index contributed by atoms with van der Waals surface area (Å²) in [5.74, 6) is 1.23. The van der Waals surface area contributed by atoms with Gasteiger partial charge in [-0.25, -0.2) is 0 Å². The summed E-state index contributed by atoms with van der Waals surface area (Å²) < 4.78 is 7.54. The first-order valence-corrected chi connectivity index (χ1v) is 12.1. The predicted octanol–water partition coefficient (Wildman–Crippen LogP) is 5.63. The minimum absolute atomic E-state index is 0.226. The molecule has 0 fully saturated rings. The molecule has 0 radical (unpaired) electrons. The molecule has 0 saturated heterocycles. The summed E-state index contributed by atoms with van der Waals surface area (Å²) in [7, 11) is 0. The fourth-order valence-corrected chi connectivity index (χ4v) is 4.41. The molecule has 1 unspecified atom stereocenters. The van der Waals surface area contributed by atoms with E-state index >= 15 is 0 Å². The Kier molecular flexibility index (Phi) is 7.48. The van der Waals surface area contributed by atoms with E-state index in [-0.39, 0.29) is 5.91 Å². The van der Waals surface area contributed by atoms with Crippen LogP contribution >= 0.6 is 11.8 Å². The largest absolute Gasteiger partial charge is 0.494 e. The molecule has 0 saturated carbocycles. The maximum Gasteiger partial charge on any atom is 0.237 e. The molecule has 1 atom stereocenters. The number of nitriles is 1. The molecule has 35 heavy (non-hydrogen) atoms. The predicted molar refractivity (Wildman–Crippen MR) is 138 cm³/mol. The molecule has 4 rings (SSSR count). The SMILES string of the molecule is CCOc1ccc(-n2c(SC(C)C(=O)Nc3ccccc3C#N)nnc2-c2cccc(C)c2)cc1. The number of amides is 1. The Balaban J connectivity index is 1.66. The fourth-order valence-electron chi connectivity index (χ4n) is 3.54. The van der Waals surface area contributed by atoms with Crippen molar-refractivity contribution >= 4 is 23.4 Å². The van der Waals surface area contributed by atoms with Gasteiger partial charge in [0.05, 0.1) is 23.1 Å². The van der Waals surface area contributed by atoms with Gasteiger partial charge in [-0.2, -0.15) is 5.26 Å². The molecular weight excluding hydrogens is 458 g/mol. The number of aromatic nitrogens is 3.